The second-order valence-corrected chi connectivity index (χ2v) is 6.20. The molecular formula is C14H20ClN5O. The van der Waals surface area contributed by atoms with Crippen LogP contribution in [0.1, 0.15) is 44.1 Å². The molecule has 0 spiro atoms. The van der Waals surface area contributed by atoms with Crippen LogP contribution < -0.4 is 5.32 Å². The first-order valence-electron chi connectivity index (χ1n) is 7.41. The number of nitrogens with one attached hydrogen (secondary N) is 1. The molecule has 6 nitrogen and oxygen atoms in total. The first-order chi connectivity index (χ1) is 10.1. The van der Waals surface area contributed by atoms with Crippen LogP contribution in [0, 0.1) is 6.92 Å². The summed E-state index contributed by atoms with van der Waals surface area (Å²) in [5.74, 6) is 1.21. The van der Waals surface area contributed by atoms with Crippen molar-refractivity contribution >= 4 is 23.2 Å². The highest BCUT2D eigenvalue weighted by Crippen LogP contribution is 2.28. The first-order valence-corrected chi connectivity index (χ1v) is 7.79. The number of hydrogen-bond donors (Lipinski definition) is 2. The Bertz CT molecular complexity index is 634. The van der Waals surface area contributed by atoms with Crippen molar-refractivity contribution in [1.29, 1.82) is 0 Å². The smallest absolute Gasteiger partial charge is 0.255 e. The molecule has 114 valence electrons. The highest BCUT2D eigenvalue weighted by Gasteiger charge is 2.28. The third-order valence-electron chi connectivity index (χ3n) is 4.22. The molecule has 1 aliphatic rings. The lowest BCUT2D eigenvalue weighted by Gasteiger charge is -2.27. The number of rotatable bonds is 3. The third kappa shape index (κ3) is 2.96. The van der Waals surface area contributed by atoms with Crippen LogP contribution in [0.25, 0.3) is 5.78 Å². The van der Waals surface area contributed by atoms with Crippen molar-refractivity contribution < 1.29 is 5.11 Å². The molecule has 1 fully saturated rings. The molecule has 0 aliphatic heterocycles. The molecule has 2 N–H and O–H groups in total. The molecule has 1 aliphatic carbocycles. The van der Waals surface area contributed by atoms with Gasteiger partial charge in [-0.2, -0.15) is 19.6 Å². The van der Waals surface area contributed by atoms with E-state index in [1.54, 1.807) is 4.52 Å². The summed E-state index contributed by atoms with van der Waals surface area (Å²) in [7, 11) is 0. The van der Waals surface area contributed by atoms with Crippen molar-refractivity contribution in [3.63, 3.8) is 0 Å². The molecule has 0 radical (unpaired) electrons. The molecule has 3 rings (SSSR count). The van der Waals surface area contributed by atoms with Gasteiger partial charge in [0.05, 0.1) is 5.60 Å². The minimum absolute atomic E-state index is 0.408. The van der Waals surface area contributed by atoms with E-state index < -0.39 is 5.60 Å². The lowest BCUT2D eigenvalue weighted by molar-refractivity contribution is 0.0380. The van der Waals surface area contributed by atoms with Crippen LogP contribution in [-0.2, 0) is 0 Å². The first kappa shape index (κ1) is 14.5. The number of aromatic nitrogens is 4. The summed E-state index contributed by atoms with van der Waals surface area (Å²) >= 11 is 6.14. The Morgan fingerprint density at radius 1 is 1.33 bits per heavy atom. The number of hydrogen-bond acceptors (Lipinski definition) is 5. The van der Waals surface area contributed by atoms with Gasteiger partial charge in [0.2, 0.25) is 0 Å². The number of halogens is 1. The van der Waals surface area contributed by atoms with E-state index in [0.29, 0.717) is 17.5 Å². The molecular weight excluding hydrogens is 290 g/mol. The zero-order chi connectivity index (χ0) is 14.9. The maximum atomic E-state index is 10.7. The van der Waals surface area contributed by atoms with Crippen LogP contribution >= 0.6 is 11.6 Å². The minimum Gasteiger partial charge on any atom is -0.388 e. The van der Waals surface area contributed by atoms with Gasteiger partial charge in [-0.3, -0.25) is 0 Å². The molecule has 0 saturated heterocycles. The molecule has 0 amide bonds. The number of anilines is 1. The molecule has 7 heteroatoms. The van der Waals surface area contributed by atoms with E-state index in [1.165, 1.54) is 19.2 Å². The van der Waals surface area contributed by atoms with Crippen LogP contribution in [0.3, 0.4) is 0 Å². The second kappa shape index (κ2) is 5.77. The van der Waals surface area contributed by atoms with Crippen LogP contribution in [0.5, 0.6) is 0 Å². The Labute approximate surface area is 128 Å². The lowest BCUT2D eigenvalue weighted by Crippen LogP contribution is -2.37. The highest BCUT2D eigenvalue weighted by atomic mass is 35.5. The summed E-state index contributed by atoms with van der Waals surface area (Å²) < 4.78 is 1.63. The summed E-state index contributed by atoms with van der Waals surface area (Å²) in [6.07, 6.45) is 7.67. The Morgan fingerprint density at radius 3 is 2.76 bits per heavy atom. The quantitative estimate of drug-likeness (QED) is 0.673. The Morgan fingerprint density at radius 2 is 2.05 bits per heavy atom. The van der Waals surface area contributed by atoms with Crippen LogP contribution in [0.4, 0.5) is 5.82 Å². The predicted octanol–water partition coefficient (Wildman–Crippen LogP) is 2.58. The van der Waals surface area contributed by atoms with Gasteiger partial charge >= 0.3 is 0 Å². The number of fused-ring (bicyclic) bond motifs is 1. The van der Waals surface area contributed by atoms with E-state index in [4.69, 9.17) is 11.6 Å². The monoisotopic (exact) mass is 309 g/mol. The zero-order valence-electron chi connectivity index (χ0n) is 12.1. The van der Waals surface area contributed by atoms with Crippen LogP contribution in [0.15, 0.2) is 6.33 Å². The van der Waals surface area contributed by atoms with Gasteiger partial charge in [0, 0.05) is 12.1 Å². The van der Waals surface area contributed by atoms with Crippen molar-refractivity contribution in [2.75, 3.05) is 11.9 Å². The predicted molar refractivity (Wildman–Crippen MR) is 81.7 cm³/mol. The highest BCUT2D eigenvalue weighted by molar-refractivity contribution is 6.30. The molecule has 2 aromatic rings. The zero-order valence-corrected chi connectivity index (χ0v) is 12.9. The van der Waals surface area contributed by atoms with Gasteiger partial charge in [0.1, 0.15) is 17.3 Å². The van der Waals surface area contributed by atoms with Crippen molar-refractivity contribution in [2.24, 2.45) is 0 Å². The fourth-order valence-electron chi connectivity index (χ4n) is 2.92. The van der Waals surface area contributed by atoms with E-state index in [9.17, 15) is 5.11 Å². The SMILES string of the molecule is Cc1c(Cl)nc2ncnn2c1NCC1(O)CCCCCC1. The van der Waals surface area contributed by atoms with E-state index in [2.05, 4.69) is 20.4 Å². The van der Waals surface area contributed by atoms with Crippen molar-refractivity contribution in [3.05, 3.63) is 17.0 Å². The Balaban J connectivity index is 1.84. The summed E-state index contributed by atoms with van der Waals surface area (Å²) in [5, 5.41) is 18.6. The average Bonchev–Trinajstić information content (AvgIpc) is 2.80. The number of nitrogens with zero attached hydrogens (tertiary/aromatic N) is 4. The van der Waals surface area contributed by atoms with Crippen LogP contribution in [-0.4, -0.2) is 36.8 Å². The normalized spacial score (nSPS) is 18.6. The summed E-state index contributed by atoms with van der Waals surface area (Å²) in [6.45, 7) is 2.37. The van der Waals surface area contributed by atoms with E-state index in [0.717, 1.165) is 37.1 Å². The standard InChI is InChI=1S/C14H20ClN5O/c1-10-11(15)19-13-17-9-18-20(13)12(10)16-8-14(21)6-4-2-3-5-7-14/h9,16,21H,2-8H2,1H3. The van der Waals surface area contributed by atoms with Crippen LogP contribution in [0.2, 0.25) is 5.15 Å². The van der Waals surface area contributed by atoms with Gasteiger partial charge in [-0.05, 0) is 19.8 Å². The minimum atomic E-state index is -0.661. The molecule has 2 aromatic heterocycles. The average molecular weight is 310 g/mol. The maximum absolute atomic E-state index is 10.7. The lowest BCUT2D eigenvalue weighted by atomic mass is 9.94. The molecule has 0 unspecified atom stereocenters. The molecule has 2 heterocycles. The number of aliphatic hydroxyl groups is 1. The van der Waals surface area contributed by atoms with E-state index in [-0.39, 0.29) is 0 Å². The summed E-state index contributed by atoms with van der Waals surface area (Å²) in [5.41, 5.74) is 0.151. The van der Waals surface area contributed by atoms with Gasteiger partial charge in [-0.1, -0.05) is 37.3 Å². The molecule has 1 saturated carbocycles. The van der Waals surface area contributed by atoms with E-state index in [1.807, 2.05) is 6.92 Å². The van der Waals surface area contributed by atoms with Gasteiger partial charge < -0.3 is 10.4 Å². The third-order valence-corrected chi connectivity index (χ3v) is 4.59. The largest absolute Gasteiger partial charge is 0.388 e. The molecule has 0 bridgehead atoms. The Hall–Kier alpha value is -1.40. The topological polar surface area (TPSA) is 75.3 Å². The van der Waals surface area contributed by atoms with Crippen molar-refractivity contribution in [1.82, 2.24) is 19.6 Å². The summed E-state index contributed by atoms with van der Waals surface area (Å²) in [6, 6.07) is 0. The summed E-state index contributed by atoms with van der Waals surface area (Å²) in [4.78, 5) is 8.24. The fraction of sp³-hybridized carbons (Fsp3) is 0.643. The second-order valence-electron chi connectivity index (χ2n) is 5.84. The molecule has 0 atom stereocenters. The van der Waals surface area contributed by atoms with Gasteiger partial charge in [-0.25, -0.2) is 0 Å². The fourth-order valence-corrected chi connectivity index (χ4v) is 3.08. The van der Waals surface area contributed by atoms with E-state index >= 15 is 0 Å². The molecule has 21 heavy (non-hydrogen) atoms. The molecule has 0 aromatic carbocycles. The van der Waals surface area contributed by atoms with Crippen molar-refractivity contribution in [3.8, 4) is 0 Å². The van der Waals surface area contributed by atoms with Gasteiger partial charge in [0.25, 0.3) is 5.78 Å². The van der Waals surface area contributed by atoms with Crippen molar-refractivity contribution in [2.45, 2.75) is 51.0 Å². The Kier molecular flexibility index (Phi) is 3.99. The maximum Gasteiger partial charge on any atom is 0.255 e. The van der Waals surface area contributed by atoms with Gasteiger partial charge in [-0.15, -0.1) is 0 Å². The van der Waals surface area contributed by atoms with Gasteiger partial charge in [0.15, 0.2) is 0 Å².